The Kier molecular flexibility index (Phi) is 2.50. The van der Waals surface area contributed by atoms with Gasteiger partial charge in [-0.15, -0.1) is 0 Å². The summed E-state index contributed by atoms with van der Waals surface area (Å²) in [5.41, 5.74) is 2.70. The van der Waals surface area contributed by atoms with Crippen molar-refractivity contribution in [2.45, 2.75) is 6.42 Å². The van der Waals surface area contributed by atoms with E-state index in [0.717, 1.165) is 19.6 Å². The smallest absolute Gasteiger partial charge is 0.0510 e. The lowest BCUT2D eigenvalue weighted by atomic mass is 9.95. The number of para-hydroxylation sites is 1. The van der Waals surface area contributed by atoms with Crippen LogP contribution in [0.3, 0.4) is 0 Å². The lowest BCUT2D eigenvalue weighted by Crippen LogP contribution is -2.26. The van der Waals surface area contributed by atoms with Crippen LogP contribution in [-0.4, -0.2) is 20.3 Å². The lowest BCUT2D eigenvalue weighted by molar-refractivity contribution is 0.156. The van der Waals surface area contributed by atoms with E-state index in [1.54, 1.807) is 7.11 Å². The number of methoxy groups -OCH3 is 1. The van der Waals surface area contributed by atoms with E-state index in [1.165, 1.54) is 11.3 Å². The van der Waals surface area contributed by atoms with Crippen LogP contribution in [0.5, 0.6) is 0 Å². The fourth-order valence-electron chi connectivity index (χ4n) is 1.86. The van der Waals surface area contributed by atoms with Gasteiger partial charge in [0.05, 0.1) is 6.61 Å². The zero-order chi connectivity index (χ0) is 9.10. The van der Waals surface area contributed by atoms with Gasteiger partial charge in [0.15, 0.2) is 0 Å². The van der Waals surface area contributed by atoms with Gasteiger partial charge in [-0.1, -0.05) is 18.2 Å². The number of ether oxygens (including phenoxy) is 1. The number of rotatable bonds is 2. The van der Waals surface area contributed by atoms with Crippen molar-refractivity contribution in [1.29, 1.82) is 0 Å². The van der Waals surface area contributed by atoms with E-state index in [0.29, 0.717) is 5.92 Å². The normalized spacial score (nSPS) is 20.5. The molecule has 13 heavy (non-hydrogen) atoms. The number of hydrogen-bond donors (Lipinski definition) is 1. The summed E-state index contributed by atoms with van der Waals surface area (Å²) < 4.78 is 5.16. The number of hydrogen-bond acceptors (Lipinski definition) is 2. The average Bonchev–Trinajstić information content (AvgIpc) is 2.18. The Balaban J connectivity index is 2.11. The Bertz CT molecular complexity index is 285. The maximum atomic E-state index is 5.16. The summed E-state index contributed by atoms with van der Waals surface area (Å²) in [4.78, 5) is 0. The molecule has 0 saturated carbocycles. The van der Waals surface area contributed by atoms with Gasteiger partial charge in [-0.05, 0) is 18.1 Å². The summed E-state index contributed by atoms with van der Waals surface area (Å²) in [6.07, 6.45) is 1.14. The molecule has 1 unspecified atom stereocenters. The first kappa shape index (κ1) is 8.57. The van der Waals surface area contributed by atoms with Gasteiger partial charge >= 0.3 is 0 Å². The maximum absolute atomic E-state index is 5.16. The molecule has 0 fully saturated rings. The topological polar surface area (TPSA) is 21.3 Å². The van der Waals surface area contributed by atoms with Crippen molar-refractivity contribution in [1.82, 2.24) is 0 Å². The fraction of sp³-hybridized carbons (Fsp3) is 0.455. The third-order valence-electron chi connectivity index (χ3n) is 2.51. The Labute approximate surface area is 78.9 Å². The predicted molar refractivity (Wildman–Crippen MR) is 54.0 cm³/mol. The fourth-order valence-corrected chi connectivity index (χ4v) is 1.86. The number of nitrogens with one attached hydrogen (secondary N) is 1. The van der Waals surface area contributed by atoms with Crippen molar-refractivity contribution < 1.29 is 4.74 Å². The number of fused-ring (bicyclic) bond motifs is 1. The van der Waals surface area contributed by atoms with Crippen molar-refractivity contribution in [2.75, 3.05) is 25.6 Å². The molecule has 70 valence electrons. The summed E-state index contributed by atoms with van der Waals surface area (Å²) >= 11 is 0. The molecule has 1 aromatic carbocycles. The summed E-state index contributed by atoms with van der Waals surface area (Å²) in [7, 11) is 1.76. The average molecular weight is 177 g/mol. The molecule has 0 radical (unpaired) electrons. The minimum atomic E-state index is 0.625. The Morgan fingerprint density at radius 3 is 3.15 bits per heavy atom. The van der Waals surface area contributed by atoms with E-state index in [4.69, 9.17) is 4.74 Å². The first-order valence-electron chi connectivity index (χ1n) is 4.71. The van der Waals surface area contributed by atoms with Crippen LogP contribution < -0.4 is 5.32 Å². The minimum absolute atomic E-state index is 0.625. The number of benzene rings is 1. The molecule has 2 rings (SSSR count). The molecule has 0 aromatic heterocycles. The molecule has 0 bridgehead atoms. The van der Waals surface area contributed by atoms with Crippen LogP contribution in [0.15, 0.2) is 24.3 Å². The first-order chi connectivity index (χ1) is 6.40. The largest absolute Gasteiger partial charge is 0.384 e. The Hall–Kier alpha value is -1.02. The molecule has 2 heteroatoms. The molecule has 1 aromatic rings. The maximum Gasteiger partial charge on any atom is 0.0510 e. The van der Waals surface area contributed by atoms with Gasteiger partial charge in [0.2, 0.25) is 0 Å². The second-order valence-electron chi connectivity index (χ2n) is 3.56. The van der Waals surface area contributed by atoms with E-state index in [2.05, 4.69) is 29.6 Å². The highest BCUT2D eigenvalue weighted by atomic mass is 16.5. The van der Waals surface area contributed by atoms with Crippen molar-refractivity contribution in [3.63, 3.8) is 0 Å². The van der Waals surface area contributed by atoms with Crippen LogP contribution in [0, 0.1) is 5.92 Å². The molecule has 0 spiro atoms. The second-order valence-corrected chi connectivity index (χ2v) is 3.56. The van der Waals surface area contributed by atoms with Crippen molar-refractivity contribution in [3.05, 3.63) is 29.8 Å². The van der Waals surface area contributed by atoms with E-state index in [-0.39, 0.29) is 0 Å². The molecule has 0 amide bonds. The van der Waals surface area contributed by atoms with Crippen LogP contribution in [-0.2, 0) is 11.2 Å². The summed E-state index contributed by atoms with van der Waals surface area (Å²) in [6, 6.07) is 8.49. The highest BCUT2D eigenvalue weighted by Crippen LogP contribution is 2.23. The van der Waals surface area contributed by atoms with Gasteiger partial charge in [-0.3, -0.25) is 0 Å². The highest BCUT2D eigenvalue weighted by molar-refractivity contribution is 5.53. The van der Waals surface area contributed by atoms with Gasteiger partial charge < -0.3 is 10.1 Å². The third-order valence-corrected chi connectivity index (χ3v) is 2.51. The summed E-state index contributed by atoms with van der Waals surface area (Å²) in [5, 5.41) is 3.42. The van der Waals surface area contributed by atoms with Crippen molar-refractivity contribution >= 4 is 5.69 Å². The molecule has 2 nitrogen and oxygen atoms in total. The quantitative estimate of drug-likeness (QED) is 0.745. The molecule has 1 heterocycles. The Morgan fingerprint density at radius 2 is 2.31 bits per heavy atom. The van der Waals surface area contributed by atoms with Gasteiger partial charge in [-0.25, -0.2) is 0 Å². The third kappa shape index (κ3) is 1.83. The second kappa shape index (κ2) is 3.79. The Morgan fingerprint density at radius 1 is 1.46 bits per heavy atom. The summed E-state index contributed by atoms with van der Waals surface area (Å²) in [5.74, 6) is 0.625. The van der Waals surface area contributed by atoms with Gasteiger partial charge in [0.25, 0.3) is 0 Å². The van der Waals surface area contributed by atoms with E-state index >= 15 is 0 Å². The summed E-state index contributed by atoms with van der Waals surface area (Å²) in [6.45, 7) is 1.88. The van der Waals surface area contributed by atoms with Crippen molar-refractivity contribution in [2.24, 2.45) is 5.92 Å². The van der Waals surface area contributed by atoms with Crippen LogP contribution in [0.1, 0.15) is 5.56 Å². The van der Waals surface area contributed by atoms with Crippen LogP contribution in [0.2, 0.25) is 0 Å². The van der Waals surface area contributed by atoms with Crippen LogP contribution >= 0.6 is 0 Å². The molecule has 0 saturated heterocycles. The van der Waals surface area contributed by atoms with Gasteiger partial charge in [-0.2, -0.15) is 0 Å². The molecule has 0 aliphatic carbocycles. The molecule has 1 aliphatic heterocycles. The predicted octanol–water partition coefficient (Wildman–Crippen LogP) is 1.92. The molecule has 1 aliphatic rings. The highest BCUT2D eigenvalue weighted by Gasteiger charge is 2.16. The minimum Gasteiger partial charge on any atom is -0.384 e. The van der Waals surface area contributed by atoms with Gasteiger partial charge in [0, 0.05) is 25.3 Å². The molecular formula is C11H15NO. The number of anilines is 1. The molecule has 1 N–H and O–H groups in total. The van der Waals surface area contributed by atoms with E-state index in [9.17, 15) is 0 Å². The SMILES string of the molecule is COCC1CNc2ccccc2C1. The first-order valence-corrected chi connectivity index (χ1v) is 4.71. The van der Waals surface area contributed by atoms with Crippen LogP contribution in [0.4, 0.5) is 5.69 Å². The monoisotopic (exact) mass is 177 g/mol. The van der Waals surface area contributed by atoms with Crippen molar-refractivity contribution in [3.8, 4) is 0 Å². The van der Waals surface area contributed by atoms with E-state index in [1.807, 2.05) is 0 Å². The zero-order valence-electron chi connectivity index (χ0n) is 7.92. The molecular weight excluding hydrogens is 162 g/mol. The van der Waals surface area contributed by atoms with E-state index < -0.39 is 0 Å². The van der Waals surface area contributed by atoms with Gasteiger partial charge in [0.1, 0.15) is 0 Å². The lowest BCUT2D eigenvalue weighted by Gasteiger charge is -2.25. The standard InChI is InChI=1S/C11H15NO/c1-13-8-9-6-10-4-2-3-5-11(10)12-7-9/h2-5,9,12H,6-8H2,1H3. The van der Waals surface area contributed by atoms with Crippen LogP contribution in [0.25, 0.3) is 0 Å². The molecule has 1 atom stereocenters. The zero-order valence-corrected chi connectivity index (χ0v) is 7.92.